The third-order valence-electron chi connectivity index (χ3n) is 2.56. The van der Waals surface area contributed by atoms with Gasteiger partial charge in [-0.1, -0.05) is 48.5 Å². The molecule has 0 unspecified atom stereocenters. The quantitative estimate of drug-likeness (QED) is 0.603. The van der Waals surface area contributed by atoms with E-state index >= 15 is 0 Å². The maximum Gasteiger partial charge on any atom is 0.206 e. The second-order valence-electron chi connectivity index (χ2n) is 4.87. The summed E-state index contributed by atoms with van der Waals surface area (Å²) >= 11 is 8.68. The lowest BCUT2D eigenvalue weighted by molar-refractivity contribution is 0.102. The standard InChI is InChI=1S/C14H16ClN3OS2/c1-9(2)7-16-13-17-18-14(21-13)20-8-12(19)10-3-5-11(15)6-4-10/h3-6,9H,7-8H2,1-2H3,(H,16,17). The van der Waals surface area contributed by atoms with E-state index in [1.807, 2.05) is 0 Å². The summed E-state index contributed by atoms with van der Waals surface area (Å²) < 4.78 is 0.795. The van der Waals surface area contributed by atoms with Crippen LogP contribution in [0.5, 0.6) is 0 Å². The molecule has 2 aromatic rings. The molecule has 0 amide bonds. The fraction of sp³-hybridized carbons (Fsp3) is 0.357. The molecule has 21 heavy (non-hydrogen) atoms. The Balaban J connectivity index is 1.85. The molecule has 0 aliphatic carbocycles. The van der Waals surface area contributed by atoms with Gasteiger partial charge in [0.25, 0.3) is 0 Å². The molecule has 0 spiro atoms. The van der Waals surface area contributed by atoms with Gasteiger partial charge in [-0.05, 0) is 30.2 Å². The molecule has 0 fully saturated rings. The van der Waals surface area contributed by atoms with Crippen molar-refractivity contribution in [2.24, 2.45) is 5.92 Å². The molecular weight excluding hydrogens is 326 g/mol. The number of ketones is 1. The Hall–Kier alpha value is -1.11. The van der Waals surface area contributed by atoms with Crippen LogP contribution in [0.25, 0.3) is 0 Å². The van der Waals surface area contributed by atoms with Crippen LogP contribution >= 0.6 is 34.7 Å². The van der Waals surface area contributed by atoms with Gasteiger partial charge in [0.1, 0.15) is 0 Å². The molecule has 0 aliphatic heterocycles. The molecule has 0 radical (unpaired) electrons. The fourth-order valence-corrected chi connectivity index (χ4v) is 3.26. The number of hydrogen-bond acceptors (Lipinski definition) is 6. The van der Waals surface area contributed by atoms with E-state index < -0.39 is 0 Å². The number of rotatable bonds is 7. The highest BCUT2D eigenvalue weighted by atomic mass is 35.5. The molecular formula is C14H16ClN3OS2. The van der Waals surface area contributed by atoms with Gasteiger partial charge in [0, 0.05) is 17.1 Å². The molecule has 0 bridgehead atoms. The van der Waals surface area contributed by atoms with Gasteiger partial charge in [-0.15, -0.1) is 10.2 Å². The van der Waals surface area contributed by atoms with Crippen molar-refractivity contribution in [1.82, 2.24) is 10.2 Å². The first-order chi connectivity index (χ1) is 10.0. The zero-order valence-electron chi connectivity index (χ0n) is 11.8. The van der Waals surface area contributed by atoms with Crippen molar-refractivity contribution in [2.75, 3.05) is 17.6 Å². The second kappa shape index (κ2) is 7.77. The number of carbonyl (C=O) groups excluding carboxylic acids is 1. The Morgan fingerprint density at radius 3 is 2.71 bits per heavy atom. The monoisotopic (exact) mass is 341 g/mol. The molecule has 1 aromatic heterocycles. The van der Waals surface area contributed by atoms with Crippen LogP contribution in [-0.4, -0.2) is 28.3 Å². The Morgan fingerprint density at radius 1 is 1.33 bits per heavy atom. The maximum absolute atomic E-state index is 12.0. The van der Waals surface area contributed by atoms with Crippen molar-refractivity contribution < 1.29 is 4.79 Å². The van der Waals surface area contributed by atoms with Gasteiger partial charge in [0.15, 0.2) is 10.1 Å². The minimum Gasteiger partial charge on any atom is -0.360 e. The van der Waals surface area contributed by atoms with E-state index in [1.54, 1.807) is 24.3 Å². The number of benzene rings is 1. The molecule has 112 valence electrons. The number of nitrogens with zero attached hydrogens (tertiary/aromatic N) is 2. The van der Waals surface area contributed by atoms with Crippen LogP contribution in [0.2, 0.25) is 5.02 Å². The topological polar surface area (TPSA) is 54.9 Å². The van der Waals surface area contributed by atoms with E-state index in [1.165, 1.54) is 23.1 Å². The Bertz CT molecular complexity index is 599. The SMILES string of the molecule is CC(C)CNc1nnc(SCC(=O)c2ccc(Cl)cc2)s1. The van der Waals surface area contributed by atoms with Gasteiger partial charge in [-0.3, -0.25) is 4.79 Å². The third-order valence-corrected chi connectivity index (χ3v) is 4.83. The first kappa shape index (κ1) is 16.3. The predicted molar refractivity (Wildman–Crippen MR) is 89.7 cm³/mol. The van der Waals surface area contributed by atoms with Gasteiger partial charge < -0.3 is 5.32 Å². The molecule has 0 saturated carbocycles. The van der Waals surface area contributed by atoms with Gasteiger partial charge in [-0.25, -0.2) is 0 Å². The number of aromatic nitrogens is 2. The predicted octanol–water partition coefficient (Wildman–Crippen LogP) is 4.23. The van der Waals surface area contributed by atoms with E-state index in [0.717, 1.165) is 16.0 Å². The van der Waals surface area contributed by atoms with E-state index in [4.69, 9.17) is 11.6 Å². The summed E-state index contributed by atoms with van der Waals surface area (Å²) in [6.45, 7) is 5.13. The van der Waals surface area contributed by atoms with Crippen molar-refractivity contribution in [3.05, 3.63) is 34.9 Å². The summed E-state index contributed by atoms with van der Waals surface area (Å²) in [4.78, 5) is 12.0. The summed E-state index contributed by atoms with van der Waals surface area (Å²) in [5.74, 6) is 0.959. The lowest BCUT2D eigenvalue weighted by Crippen LogP contribution is -2.07. The molecule has 4 nitrogen and oxygen atoms in total. The highest BCUT2D eigenvalue weighted by Crippen LogP contribution is 2.26. The minimum absolute atomic E-state index is 0.0588. The molecule has 1 N–H and O–H groups in total. The van der Waals surface area contributed by atoms with Crippen molar-refractivity contribution in [3.63, 3.8) is 0 Å². The van der Waals surface area contributed by atoms with Gasteiger partial charge in [0.05, 0.1) is 5.75 Å². The van der Waals surface area contributed by atoms with E-state index in [2.05, 4.69) is 29.4 Å². The molecule has 2 rings (SSSR count). The summed E-state index contributed by atoms with van der Waals surface area (Å²) in [5, 5.41) is 12.8. The van der Waals surface area contributed by atoms with Crippen LogP contribution in [0.4, 0.5) is 5.13 Å². The molecule has 1 aromatic carbocycles. The number of hydrogen-bond donors (Lipinski definition) is 1. The molecule has 0 atom stereocenters. The largest absolute Gasteiger partial charge is 0.360 e. The second-order valence-corrected chi connectivity index (χ2v) is 7.50. The average Bonchev–Trinajstić information content (AvgIpc) is 2.91. The van der Waals surface area contributed by atoms with Crippen LogP contribution in [-0.2, 0) is 0 Å². The van der Waals surface area contributed by atoms with Crippen molar-refractivity contribution in [3.8, 4) is 0 Å². The zero-order chi connectivity index (χ0) is 15.2. The van der Waals surface area contributed by atoms with Crippen LogP contribution in [0, 0.1) is 5.92 Å². The highest BCUT2D eigenvalue weighted by Gasteiger charge is 2.10. The lowest BCUT2D eigenvalue weighted by Gasteiger charge is -2.03. The van der Waals surface area contributed by atoms with Gasteiger partial charge >= 0.3 is 0 Å². The Morgan fingerprint density at radius 2 is 2.05 bits per heavy atom. The Kier molecular flexibility index (Phi) is 6.02. The number of anilines is 1. The summed E-state index contributed by atoms with van der Waals surface area (Å²) in [6.07, 6.45) is 0. The average molecular weight is 342 g/mol. The molecule has 0 saturated heterocycles. The van der Waals surface area contributed by atoms with Crippen LogP contribution in [0.1, 0.15) is 24.2 Å². The van der Waals surface area contributed by atoms with E-state index in [9.17, 15) is 4.79 Å². The van der Waals surface area contributed by atoms with Crippen LogP contribution in [0.15, 0.2) is 28.6 Å². The first-order valence-electron chi connectivity index (χ1n) is 6.53. The first-order valence-corrected chi connectivity index (χ1v) is 8.71. The number of halogens is 1. The number of nitrogens with one attached hydrogen (secondary N) is 1. The number of thioether (sulfide) groups is 1. The normalized spacial score (nSPS) is 10.9. The molecule has 1 heterocycles. The smallest absolute Gasteiger partial charge is 0.206 e. The zero-order valence-corrected chi connectivity index (χ0v) is 14.2. The minimum atomic E-state index is 0.0588. The summed E-state index contributed by atoms with van der Waals surface area (Å²) in [7, 11) is 0. The van der Waals surface area contributed by atoms with E-state index in [0.29, 0.717) is 22.3 Å². The van der Waals surface area contributed by atoms with Crippen molar-refractivity contribution >= 4 is 45.6 Å². The number of carbonyl (C=O) groups is 1. The Labute approximate surface area is 137 Å². The van der Waals surface area contributed by atoms with Crippen molar-refractivity contribution in [1.29, 1.82) is 0 Å². The van der Waals surface area contributed by atoms with Crippen LogP contribution in [0.3, 0.4) is 0 Å². The fourth-order valence-electron chi connectivity index (χ4n) is 1.48. The highest BCUT2D eigenvalue weighted by molar-refractivity contribution is 8.01. The van der Waals surface area contributed by atoms with Crippen LogP contribution < -0.4 is 5.32 Å². The summed E-state index contributed by atoms with van der Waals surface area (Å²) in [6, 6.07) is 6.92. The maximum atomic E-state index is 12.0. The molecule has 0 aliphatic rings. The number of Topliss-reactive ketones (excluding diaryl/α,β-unsaturated/α-hetero) is 1. The van der Waals surface area contributed by atoms with Gasteiger partial charge in [-0.2, -0.15) is 0 Å². The van der Waals surface area contributed by atoms with Crippen molar-refractivity contribution in [2.45, 2.75) is 18.2 Å². The summed E-state index contributed by atoms with van der Waals surface area (Å²) in [5.41, 5.74) is 0.662. The van der Waals surface area contributed by atoms with E-state index in [-0.39, 0.29) is 5.78 Å². The van der Waals surface area contributed by atoms with Gasteiger partial charge in [0.2, 0.25) is 5.13 Å². The molecule has 7 heteroatoms. The third kappa shape index (κ3) is 5.30. The lowest BCUT2D eigenvalue weighted by atomic mass is 10.1.